The summed E-state index contributed by atoms with van der Waals surface area (Å²) in [7, 11) is 0. The molecule has 0 saturated heterocycles. The zero-order chi connectivity index (χ0) is 12.1. The fourth-order valence-electron chi connectivity index (χ4n) is 1.25. The first-order chi connectivity index (χ1) is 7.54. The van der Waals surface area contributed by atoms with Gasteiger partial charge in [-0.25, -0.2) is 0 Å². The minimum Gasteiger partial charge on any atom is -0.493 e. The van der Waals surface area contributed by atoms with Crippen molar-refractivity contribution in [2.24, 2.45) is 5.92 Å². The number of benzene rings is 1. The fraction of sp³-hybridized carbons (Fsp3) is 0.462. The molecule has 1 rings (SSSR count). The molecule has 0 radical (unpaired) electrons. The lowest BCUT2D eigenvalue weighted by molar-refractivity contribution is 0.101. The van der Waals surface area contributed by atoms with Gasteiger partial charge in [0.1, 0.15) is 5.75 Å². The number of carbonyl (C=O) groups is 1. The summed E-state index contributed by atoms with van der Waals surface area (Å²) in [6, 6.07) is 5.52. The molecule has 1 aromatic rings. The van der Waals surface area contributed by atoms with Gasteiger partial charge >= 0.3 is 0 Å². The maximum Gasteiger partial charge on any atom is 0.163 e. The van der Waals surface area contributed by atoms with Crippen LogP contribution in [0.3, 0.4) is 0 Å². The maximum atomic E-state index is 11.4. The molecule has 1 atom stereocenters. The summed E-state index contributed by atoms with van der Waals surface area (Å²) in [5, 5.41) is 0. The molecule has 3 heteroatoms. The molecule has 0 saturated carbocycles. The summed E-state index contributed by atoms with van der Waals surface area (Å²) in [5.41, 5.74) is 0.637. The number of hydrogen-bond donors (Lipinski definition) is 0. The van der Waals surface area contributed by atoms with Crippen molar-refractivity contribution in [1.82, 2.24) is 0 Å². The first kappa shape index (κ1) is 13.2. The smallest absolute Gasteiger partial charge is 0.163 e. The van der Waals surface area contributed by atoms with Crippen LogP contribution in [0.25, 0.3) is 0 Å². The highest BCUT2D eigenvalue weighted by Gasteiger charge is 2.10. The summed E-state index contributed by atoms with van der Waals surface area (Å²) < 4.78 is 6.56. The van der Waals surface area contributed by atoms with E-state index < -0.39 is 0 Å². The minimum atomic E-state index is 0.0282. The zero-order valence-electron chi connectivity index (χ0n) is 9.92. The van der Waals surface area contributed by atoms with E-state index in [4.69, 9.17) is 4.74 Å². The SMILES string of the molecule is CCC(C)COc1ccc(Br)cc1C(C)=O. The number of carbonyl (C=O) groups excluding carboxylic acids is 1. The topological polar surface area (TPSA) is 26.3 Å². The van der Waals surface area contributed by atoms with Gasteiger partial charge in [-0.15, -0.1) is 0 Å². The van der Waals surface area contributed by atoms with Crippen LogP contribution in [-0.4, -0.2) is 12.4 Å². The van der Waals surface area contributed by atoms with Gasteiger partial charge in [0.05, 0.1) is 12.2 Å². The zero-order valence-corrected chi connectivity index (χ0v) is 11.5. The average molecular weight is 285 g/mol. The highest BCUT2D eigenvalue weighted by Crippen LogP contribution is 2.24. The van der Waals surface area contributed by atoms with Crippen molar-refractivity contribution in [2.75, 3.05) is 6.61 Å². The molecule has 1 aromatic carbocycles. The fourth-order valence-corrected chi connectivity index (χ4v) is 1.61. The Morgan fingerprint density at radius 1 is 1.50 bits per heavy atom. The molecular weight excluding hydrogens is 268 g/mol. The number of hydrogen-bond acceptors (Lipinski definition) is 2. The normalized spacial score (nSPS) is 12.2. The van der Waals surface area contributed by atoms with Gasteiger partial charge in [-0.1, -0.05) is 36.2 Å². The number of halogens is 1. The Bertz CT molecular complexity index is 374. The maximum absolute atomic E-state index is 11.4. The second kappa shape index (κ2) is 6.04. The Hall–Kier alpha value is -0.830. The highest BCUT2D eigenvalue weighted by atomic mass is 79.9. The highest BCUT2D eigenvalue weighted by molar-refractivity contribution is 9.10. The van der Waals surface area contributed by atoms with E-state index in [9.17, 15) is 4.79 Å². The summed E-state index contributed by atoms with van der Waals surface area (Å²) in [6.07, 6.45) is 1.08. The molecule has 0 aliphatic rings. The number of rotatable bonds is 5. The van der Waals surface area contributed by atoms with E-state index in [1.807, 2.05) is 12.1 Å². The van der Waals surface area contributed by atoms with Gasteiger partial charge in [-0.3, -0.25) is 4.79 Å². The molecule has 0 aromatic heterocycles. The standard InChI is InChI=1S/C13H17BrO2/c1-4-9(2)8-16-13-6-5-11(14)7-12(13)10(3)15/h5-7,9H,4,8H2,1-3H3. The molecule has 1 unspecified atom stereocenters. The van der Waals surface area contributed by atoms with Crippen molar-refractivity contribution in [3.8, 4) is 5.75 Å². The number of ketones is 1. The van der Waals surface area contributed by atoms with Crippen molar-refractivity contribution in [1.29, 1.82) is 0 Å². The van der Waals surface area contributed by atoms with E-state index in [0.717, 1.165) is 10.9 Å². The van der Waals surface area contributed by atoms with E-state index in [0.29, 0.717) is 23.8 Å². The van der Waals surface area contributed by atoms with Gasteiger partial charge < -0.3 is 4.74 Å². The second-order valence-electron chi connectivity index (χ2n) is 4.02. The first-order valence-corrected chi connectivity index (χ1v) is 6.27. The molecule has 88 valence electrons. The number of ether oxygens (including phenoxy) is 1. The first-order valence-electron chi connectivity index (χ1n) is 5.47. The summed E-state index contributed by atoms with van der Waals surface area (Å²) in [5.74, 6) is 1.21. The van der Waals surface area contributed by atoms with E-state index in [1.54, 1.807) is 13.0 Å². The quantitative estimate of drug-likeness (QED) is 0.762. The Balaban J connectivity index is 2.82. The van der Waals surface area contributed by atoms with Crippen molar-refractivity contribution in [3.63, 3.8) is 0 Å². The molecule has 16 heavy (non-hydrogen) atoms. The average Bonchev–Trinajstić information content (AvgIpc) is 2.26. The Morgan fingerprint density at radius 3 is 2.75 bits per heavy atom. The van der Waals surface area contributed by atoms with Gasteiger partial charge in [0, 0.05) is 4.47 Å². The van der Waals surface area contributed by atoms with Crippen LogP contribution in [0.5, 0.6) is 5.75 Å². The van der Waals surface area contributed by atoms with Crippen LogP contribution in [-0.2, 0) is 0 Å². The van der Waals surface area contributed by atoms with Crippen LogP contribution in [0.1, 0.15) is 37.6 Å². The molecule has 0 aliphatic heterocycles. The Kier molecular flexibility index (Phi) is 5.00. The van der Waals surface area contributed by atoms with Crippen LogP contribution in [0.2, 0.25) is 0 Å². The lowest BCUT2D eigenvalue weighted by Crippen LogP contribution is -2.09. The predicted molar refractivity (Wildman–Crippen MR) is 69.1 cm³/mol. The van der Waals surface area contributed by atoms with E-state index >= 15 is 0 Å². The van der Waals surface area contributed by atoms with Crippen LogP contribution in [0.15, 0.2) is 22.7 Å². The van der Waals surface area contributed by atoms with E-state index in [1.165, 1.54) is 0 Å². The Labute approximate surface area is 105 Å². The minimum absolute atomic E-state index is 0.0282. The molecule has 0 heterocycles. The second-order valence-corrected chi connectivity index (χ2v) is 4.94. The van der Waals surface area contributed by atoms with Gasteiger partial charge in [0.25, 0.3) is 0 Å². The third-order valence-corrected chi connectivity index (χ3v) is 3.03. The molecular formula is C13H17BrO2. The molecule has 0 bridgehead atoms. The van der Waals surface area contributed by atoms with Crippen molar-refractivity contribution in [3.05, 3.63) is 28.2 Å². The molecule has 0 aliphatic carbocycles. The van der Waals surface area contributed by atoms with Gasteiger partial charge in [0.2, 0.25) is 0 Å². The summed E-state index contributed by atoms with van der Waals surface area (Å²) in [6.45, 7) is 6.46. The van der Waals surface area contributed by atoms with Crippen LogP contribution in [0.4, 0.5) is 0 Å². The lowest BCUT2D eigenvalue weighted by atomic mass is 10.1. The van der Waals surface area contributed by atoms with Crippen LogP contribution < -0.4 is 4.74 Å². The third kappa shape index (κ3) is 3.63. The lowest BCUT2D eigenvalue weighted by Gasteiger charge is -2.13. The van der Waals surface area contributed by atoms with Crippen molar-refractivity contribution < 1.29 is 9.53 Å². The van der Waals surface area contributed by atoms with Crippen LogP contribution in [0, 0.1) is 5.92 Å². The van der Waals surface area contributed by atoms with Crippen molar-refractivity contribution in [2.45, 2.75) is 27.2 Å². The van der Waals surface area contributed by atoms with E-state index in [2.05, 4.69) is 29.8 Å². The van der Waals surface area contributed by atoms with Crippen molar-refractivity contribution >= 4 is 21.7 Å². The summed E-state index contributed by atoms with van der Waals surface area (Å²) in [4.78, 5) is 11.4. The molecule has 0 amide bonds. The molecule has 0 fully saturated rings. The molecule has 0 N–H and O–H groups in total. The largest absolute Gasteiger partial charge is 0.493 e. The molecule has 2 nitrogen and oxygen atoms in total. The van der Waals surface area contributed by atoms with Gasteiger partial charge in [-0.2, -0.15) is 0 Å². The van der Waals surface area contributed by atoms with Crippen LogP contribution >= 0.6 is 15.9 Å². The Morgan fingerprint density at radius 2 is 2.19 bits per heavy atom. The van der Waals surface area contributed by atoms with Gasteiger partial charge in [0.15, 0.2) is 5.78 Å². The molecule has 0 spiro atoms. The predicted octanol–water partition coefficient (Wildman–Crippen LogP) is 4.08. The van der Waals surface area contributed by atoms with E-state index in [-0.39, 0.29) is 5.78 Å². The van der Waals surface area contributed by atoms with Gasteiger partial charge in [-0.05, 0) is 31.0 Å². The summed E-state index contributed by atoms with van der Waals surface area (Å²) >= 11 is 3.35. The number of Topliss-reactive ketones (excluding diaryl/α,β-unsaturated/α-hetero) is 1. The monoisotopic (exact) mass is 284 g/mol. The third-order valence-electron chi connectivity index (χ3n) is 2.54.